The monoisotopic (exact) mass is 345 g/mol. The molecule has 0 aromatic rings. The molecule has 0 saturated carbocycles. The largest absolute Gasteiger partial charge is 0.705 e. The van der Waals surface area contributed by atoms with Crippen LogP contribution in [0, 0.1) is 5.92 Å². The van der Waals surface area contributed by atoms with E-state index in [4.69, 9.17) is 13.3 Å². The molecule has 0 aliphatic rings. The first kappa shape index (κ1) is 20.8. The zero-order chi connectivity index (χ0) is 18.2. The van der Waals surface area contributed by atoms with E-state index in [-0.39, 0.29) is 24.4 Å². The lowest BCUT2D eigenvalue weighted by Gasteiger charge is -2.28. The first-order valence-electron chi connectivity index (χ1n) is 7.00. The Labute approximate surface area is 136 Å². The van der Waals surface area contributed by atoms with Crippen molar-refractivity contribution in [2.24, 2.45) is 5.92 Å². The maximum Gasteiger partial charge on any atom is 0.705 e. The lowest BCUT2D eigenvalue weighted by Crippen LogP contribution is -2.51. The molecular formula is C14H23NO7Si. The van der Waals surface area contributed by atoms with Gasteiger partial charge >= 0.3 is 8.80 Å². The van der Waals surface area contributed by atoms with Crippen LogP contribution in [-0.4, -0.2) is 39.2 Å². The normalized spacial score (nSPS) is 11.9. The van der Waals surface area contributed by atoms with Crippen LogP contribution in [0.25, 0.3) is 0 Å². The number of amides is 1. The van der Waals surface area contributed by atoms with Gasteiger partial charge in [-0.25, -0.2) is 0 Å². The fourth-order valence-corrected chi connectivity index (χ4v) is 4.45. The molecule has 0 bridgehead atoms. The minimum atomic E-state index is -3.87. The molecular weight excluding hydrogens is 322 g/mol. The highest BCUT2D eigenvalue weighted by atomic mass is 28.4. The number of hydrogen-bond acceptors (Lipinski definition) is 7. The molecule has 1 N–H and O–H groups in total. The number of nitrogens with one attached hydrogen (secondary N) is 1. The van der Waals surface area contributed by atoms with Crippen LogP contribution in [0.4, 0.5) is 0 Å². The Hall–Kier alpha value is -2.16. The van der Waals surface area contributed by atoms with E-state index in [2.05, 4.69) is 11.9 Å². The third-order valence-electron chi connectivity index (χ3n) is 2.49. The summed E-state index contributed by atoms with van der Waals surface area (Å²) in [5, 5.41) is 2.63. The van der Waals surface area contributed by atoms with Crippen molar-refractivity contribution in [1.82, 2.24) is 5.32 Å². The molecule has 0 radical (unpaired) electrons. The molecule has 1 amide bonds. The first-order valence-corrected chi connectivity index (χ1v) is 8.93. The third kappa shape index (κ3) is 8.76. The zero-order valence-corrected chi connectivity index (χ0v) is 15.1. The molecule has 130 valence electrons. The predicted octanol–water partition coefficient (Wildman–Crippen LogP) is 0.943. The van der Waals surface area contributed by atoms with Crippen molar-refractivity contribution < 1.29 is 32.5 Å². The van der Waals surface area contributed by atoms with Crippen LogP contribution in [0.15, 0.2) is 12.2 Å². The summed E-state index contributed by atoms with van der Waals surface area (Å²) in [6.07, 6.45) is 0. The van der Waals surface area contributed by atoms with Gasteiger partial charge in [-0.3, -0.25) is 19.2 Å². The number of carbonyl (C=O) groups excluding carboxylic acids is 4. The molecule has 0 aliphatic carbocycles. The average molecular weight is 345 g/mol. The fraction of sp³-hybridized carbons (Fsp3) is 0.571. The van der Waals surface area contributed by atoms with Gasteiger partial charge < -0.3 is 18.6 Å². The minimum Gasteiger partial charge on any atom is -0.455 e. The van der Waals surface area contributed by atoms with E-state index in [9.17, 15) is 19.2 Å². The average Bonchev–Trinajstić information content (AvgIpc) is 2.32. The Morgan fingerprint density at radius 2 is 1.35 bits per heavy atom. The predicted molar refractivity (Wildman–Crippen MR) is 82.8 cm³/mol. The SMILES string of the molecule is C=C(C)C(=O)NCC(C)C[Si](OC(C)=O)(OC(C)=O)OC(C)=O. The van der Waals surface area contributed by atoms with E-state index in [0.29, 0.717) is 5.57 Å². The molecule has 1 unspecified atom stereocenters. The summed E-state index contributed by atoms with van der Waals surface area (Å²) in [5.74, 6) is -2.77. The maximum absolute atomic E-state index is 11.5. The molecule has 0 rings (SSSR count). The summed E-state index contributed by atoms with van der Waals surface area (Å²) < 4.78 is 15.2. The van der Waals surface area contributed by atoms with Gasteiger partial charge in [0.05, 0.1) is 6.04 Å². The third-order valence-corrected chi connectivity index (χ3v) is 5.49. The molecule has 23 heavy (non-hydrogen) atoms. The summed E-state index contributed by atoms with van der Waals surface area (Å²) >= 11 is 0. The van der Waals surface area contributed by atoms with E-state index in [1.165, 1.54) is 0 Å². The summed E-state index contributed by atoms with van der Waals surface area (Å²) in [4.78, 5) is 45.4. The van der Waals surface area contributed by atoms with E-state index in [1.54, 1.807) is 13.8 Å². The highest BCUT2D eigenvalue weighted by Gasteiger charge is 2.52. The van der Waals surface area contributed by atoms with Gasteiger partial charge in [0.1, 0.15) is 0 Å². The quantitative estimate of drug-likeness (QED) is 0.515. The van der Waals surface area contributed by atoms with Crippen LogP contribution in [0.3, 0.4) is 0 Å². The Morgan fingerprint density at radius 1 is 0.957 bits per heavy atom. The highest BCUT2D eigenvalue weighted by Crippen LogP contribution is 2.22. The second-order valence-corrected chi connectivity index (χ2v) is 7.65. The Bertz CT molecular complexity index is 463. The van der Waals surface area contributed by atoms with E-state index >= 15 is 0 Å². The molecule has 0 saturated heterocycles. The molecule has 0 heterocycles. The number of rotatable bonds is 8. The molecule has 0 aromatic heterocycles. The van der Waals surface area contributed by atoms with E-state index < -0.39 is 26.7 Å². The summed E-state index contributed by atoms with van der Waals surface area (Å²) in [6.45, 7) is 10.4. The molecule has 9 heteroatoms. The summed E-state index contributed by atoms with van der Waals surface area (Å²) in [6, 6.07) is 0.00219. The summed E-state index contributed by atoms with van der Waals surface area (Å²) in [7, 11) is -3.87. The van der Waals surface area contributed by atoms with Crippen LogP contribution in [0.2, 0.25) is 6.04 Å². The van der Waals surface area contributed by atoms with Gasteiger partial charge in [-0.1, -0.05) is 13.5 Å². The lowest BCUT2D eigenvalue weighted by molar-refractivity contribution is -0.148. The Morgan fingerprint density at radius 3 is 1.65 bits per heavy atom. The molecule has 0 aliphatic heterocycles. The van der Waals surface area contributed by atoms with Crippen molar-refractivity contribution in [3.63, 3.8) is 0 Å². The van der Waals surface area contributed by atoms with Crippen LogP contribution in [-0.2, 0) is 32.5 Å². The standard InChI is InChI=1S/C14H23NO7Si/c1-9(2)14(19)15-7-10(3)8-23(20-11(4)16,21-12(5)17)22-13(6)18/h10H,1,7-8H2,2-6H3,(H,15,19). The maximum atomic E-state index is 11.5. The van der Waals surface area contributed by atoms with Crippen molar-refractivity contribution in [3.05, 3.63) is 12.2 Å². The van der Waals surface area contributed by atoms with Crippen LogP contribution < -0.4 is 5.32 Å². The van der Waals surface area contributed by atoms with Gasteiger partial charge in [0.25, 0.3) is 17.9 Å². The van der Waals surface area contributed by atoms with Crippen molar-refractivity contribution in [2.75, 3.05) is 6.54 Å². The van der Waals surface area contributed by atoms with Gasteiger partial charge in [-0.05, 0) is 12.8 Å². The molecule has 0 aromatic carbocycles. The molecule has 8 nitrogen and oxygen atoms in total. The first-order chi connectivity index (χ1) is 10.5. The lowest BCUT2D eigenvalue weighted by atomic mass is 10.2. The highest BCUT2D eigenvalue weighted by molar-refractivity contribution is 6.65. The van der Waals surface area contributed by atoms with Crippen molar-refractivity contribution in [3.8, 4) is 0 Å². The molecule has 1 atom stereocenters. The van der Waals surface area contributed by atoms with Crippen molar-refractivity contribution in [1.29, 1.82) is 0 Å². The molecule has 0 spiro atoms. The minimum absolute atomic E-state index is 0.00219. The summed E-state index contributed by atoms with van der Waals surface area (Å²) in [5.41, 5.74) is 0.348. The van der Waals surface area contributed by atoms with Crippen LogP contribution in [0.1, 0.15) is 34.6 Å². The second kappa shape index (κ2) is 9.08. The number of hydrogen-bond donors (Lipinski definition) is 1. The smallest absolute Gasteiger partial charge is 0.455 e. The van der Waals surface area contributed by atoms with Crippen LogP contribution in [0.5, 0.6) is 0 Å². The van der Waals surface area contributed by atoms with E-state index in [0.717, 1.165) is 20.8 Å². The van der Waals surface area contributed by atoms with Crippen molar-refractivity contribution >= 4 is 32.6 Å². The number of carbonyl (C=O) groups is 4. The van der Waals surface area contributed by atoms with Gasteiger partial charge in [0.2, 0.25) is 5.91 Å². The van der Waals surface area contributed by atoms with E-state index in [1.807, 2.05) is 0 Å². The zero-order valence-electron chi connectivity index (χ0n) is 14.1. The Balaban J connectivity index is 5.12. The second-order valence-electron chi connectivity index (χ2n) is 5.26. The van der Waals surface area contributed by atoms with Crippen molar-refractivity contribution in [2.45, 2.75) is 40.7 Å². The van der Waals surface area contributed by atoms with Gasteiger partial charge in [-0.2, -0.15) is 0 Å². The van der Waals surface area contributed by atoms with Crippen LogP contribution >= 0.6 is 0 Å². The topological polar surface area (TPSA) is 108 Å². The van der Waals surface area contributed by atoms with Gasteiger partial charge in [0, 0.05) is 32.9 Å². The van der Waals surface area contributed by atoms with Gasteiger partial charge in [0.15, 0.2) is 0 Å². The van der Waals surface area contributed by atoms with Gasteiger partial charge in [-0.15, -0.1) is 0 Å². The fourth-order valence-electron chi connectivity index (χ4n) is 1.76. The Kier molecular flexibility index (Phi) is 8.23. The molecule has 0 fully saturated rings.